The van der Waals surface area contributed by atoms with Gasteiger partial charge in [-0.1, -0.05) is 56.3 Å². The van der Waals surface area contributed by atoms with Crippen LogP contribution in [0.5, 0.6) is 0 Å². The van der Waals surface area contributed by atoms with E-state index in [1.54, 1.807) is 0 Å². The van der Waals surface area contributed by atoms with Gasteiger partial charge in [-0.15, -0.1) is 0 Å². The van der Waals surface area contributed by atoms with Gasteiger partial charge in [0.05, 0.1) is 0 Å². The molecule has 24 heavy (non-hydrogen) atoms. The number of rotatable bonds is 1. The summed E-state index contributed by atoms with van der Waals surface area (Å²) in [4.78, 5) is 25.2. The number of ketones is 1. The highest BCUT2D eigenvalue weighted by molar-refractivity contribution is 6.03. The lowest BCUT2D eigenvalue weighted by Gasteiger charge is -2.38. The molecule has 4 rings (SSSR count). The van der Waals surface area contributed by atoms with Crippen LogP contribution < -0.4 is 5.32 Å². The molecule has 3 heteroatoms. The highest BCUT2D eigenvalue weighted by Gasteiger charge is 2.40. The van der Waals surface area contributed by atoms with E-state index in [4.69, 9.17) is 0 Å². The molecule has 1 heterocycles. The summed E-state index contributed by atoms with van der Waals surface area (Å²) < 4.78 is 0. The van der Waals surface area contributed by atoms with Gasteiger partial charge in [0.25, 0.3) is 0 Å². The lowest BCUT2D eigenvalue weighted by Crippen LogP contribution is -2.40. The molecule has 0 bridgehead atoms. The second-order valence-corrected chi connectivity index (χ2v) is 7.71. The molecule has 0 unspecified atom stereocenters. The average molecular weight is 319 g/mol. The summed E-state index contributed by atoms with van der Waals surface area (Å²) in [5.74, 6) is 0.0554. The van der Waals surface area contributed by atoms with Crippen molar-refractivity contribution >= 4 is 22.5 Å². The number of nitrogens with one attached hydrogen (secondary N) is 1. The van der Waals surface area contributed by atoms with E-state index in [0.29, 0.717) is 12.8 Å². The number of amides is 1. The number of hydrogen-bond acceptors (Lipinski definition) is 2. The quantitative estimate of drug-likeness (QED) is 0.860. The molecule has 2 aromatic carbocycles. The van der Waals surface area contributed by atoms with E-state index in [2.05, 4.69) is 43.4 Å². The number of carbonyl (C=O) groups excluding carboxylic acids is 2. The van der Waals surface area contributed by atoms with E-state index in [1.165, 1.54) is 0 Å². The Morgan fingerprint density at radius 1 is 1.00 bits per heavy atom. The summed E-state index contributed by atoms with van der Waals surface area (Å²) in [5, 5.41) is 5.25. The number of allylic oxidation sites excluding steroid dienone is 2. The van der Waals surface area contributed by atoms with Crippen molar-refractivity contribution in [3.8, 4) is 0 Å². The first-order chi connectivity index (χ1) is 11.4. The van der Waals surface area contributed by atoms with Crippen molar-refractivity contribution in [2.24, 2.45) is 5.41 Å². The standard InChI is InChI=1S/C21H21NO2/c1-21(2)11-17-20(18(23)12-21)16(10-19(24)22-17)15-9-5-7-13-6-3-4-8-14(13)15/h3-9,16H,10-12H2,1-2H3,(H,22,24)/t16-/m1/s1. The summed E-state index contributed by atoms with van der Waals surface area (Å²) >= 11 is 0. The molecule has 1 amide bonds. The molecule has 2 aromatic rings. The number of carbonyl (C=O) groups is 2. The number of benzene rings is 2. The van der Waals surface area contributed by atoms with Crippen molar-refractivity contribution in [1.82, 2.24) is 5.32 Å². The Balaban J connectivity index is 1.90. The Labute approximate surface area is 141 Å². The highest BCUT2D eigenvalue weighted by Crippen LogP contribution is 2.45. The zero-order valence-corrected chi connectivity index (χ0v) is 14.1. The zero-order chi connectivity index (χ0) is 16.9. The fourth-order valence-electron chi connectivity index (χ4n) is 4.18. The van der Waals surface area contributed by atoms with Crippen LogP contribution >= 0.6 is 0 Å². The zero-order valence-electron chi connectivity index (χ0n) is 14.1. The van der Waals surface area contributed by atoms with Crippen LogP contribution in [0.1, 0.15) is 44.6 Å². The minimum absolute atomic E-state index is 0.0113. The summed E-state index contributed by atoms with van der Waals surface area (Å²) in [7, 11) is 0. The molecule has 0 saturated carbocycles. The molecule has 0 spiro atoms. The van der Waals surface area contributed by atoms with E-state index in [-0.39, 0.29) is 23.0 Å². The third kappa shape index (κ3) is 2.44. The van der Waals surface area contributed by atoms with E-state index in [0.717, 1.165) is 34.0 Å². The van der Waals surface area contributed by atoms with Crippen LogP contribution in [0.15, 0.2) is 53.7 Å². The van der Waals surface area contributed by atoms with Crippen LogP contribution in [0.25, 0.3) is 10.8 Å². The highest BCUT2D eigenvalue weighted by atomic mass is 16.2. The van der Waals surface area contributed by atoms with Gasteiger partial charge in [0.15, 0.2) is 5.78 Å². The van der Waals surface area contributed by atoms with E-state index in [1.807, 2.05) is 18.2 Å². The van der Waals surface area contributed by atoms with Crippen molar-refractivity contribution in [2.75, 3.05) is 0 Å². The number of hydrogen-bond donors (Lipinski definition) is 1. The Hall–Kier alpha value is -2.42. The monoisotopic (exact) mass is 319 g/mol. The summed E-state index contributed by atoms with van der Waals surface area (Å²) in [6.07, 6.45) is 1.64. The molecule has 2 aliphatic rings. The Morgan fingerprint density at radius 2 is 1.75 bits per heavy atom. The normalized spacial score (nSPS) is 23.2. The second-order valence-electron chi connectivity index (χ2n) is 7.71. The third-order valence-electron chi connectivity index (χ3n) is 5.15. The van der Waals surface area contributed by atoms with Crippen LogP contribution in [0.3, 0.4) is 0 Å². The molecular formula is C21H21NO2. The van der Waals surface area contributed by atoms with Gasteiger partial charge in [-0.05, 0) is 28.2 Å². The molecule has 1 aliphatic carbocycles. The first kappa shape index (κ1) is 15.1. The van der Waals surface area contributed by atoms with E-state index in [9.17, 15) is 9.59 Å². The molecular weight excluding hydrogens is 298 g/mol. The minimum atomic E-state index is -0.136. The Kier molecular flexibility index (Phi) is 3.34. The van der Waals surface area contributed by atoms with Gasteiger partial charge in [-0.25, -0.2) is 0 Å². The maximum atomic E-state index is 12.9. The van der Waals surface area contributed by atoms with Crippen LogP contribution in [0, 0.1) is 5.41 Å². The van der Waals surface area contributed by atoms with E-state index >= 15 is 0 Å². The fraction of sp³-hybridized carbons (Fsp3) is 0.333. The SMILES string of the molecule is CC1(C)CC(=O)C2=C(C1)NC(=O)C[C@@H]2c1cccc2ccccc12. The van der Waals surface area contributed by atoms with Gasteiger partial charge in [0.1, 0.15) is 0 Å². The van der Waals surface area contributed by atoms with Crippen LogP contribution in [-0.2, 0) is 9.59 Å². The van der Waals surface area contributed by atoms with Crippen LogP contribution in [0.4, 0.5) is 0 Å². The smallest absolute Gasteiger partial charge is 0.225 e. The maximum absolute atomic E-state index is 12.9. The van der Waals surface area contributed by atoms with Crippen LogP contribution in [0.2, 0.25) is 0 Å². The molecule has 0 aromatic heterocycles. The molecule has 0 radical (unpaired) electrons. The predicted molar refractivity (Wildman–Crippen MR) is 94.5 cm³/mol. The largest absolute Gasteiger partial charge is 0.329 e. The molecule has 1 aliphatic heterocycles. The summed E-state index contributed by atoms with van der Waals surface area (Å²) in [6.45, 7) is 4.17. The third-order valence-corrected chi connectivity index (χ3v) is 5.15. The lowest BCUT2D eigenvalue weighted by molar-refractivity contribution is -0.122. The first-order valence-corrected chi connectivity index (χ1v) is 8.48. The van der Waals surface area contributed by atoms with Gasteiger partial charge < -0.3 is 5.32 Å². The molecule has 1 atom stereocenters. The Bertz CT molecular complexity index is 886. The van der Waals surface area contributed by atoms with Gasteiger partial charge in [-0.3, -0.25) is 9.59 Å². The topological polar surface area (TPSA) is 46.2 Å². The second kappa shape index (κ2) is 5.30. The molecule has 3 nitrogen and oxygen atoms in total. The van der Waals surface area contributed by atoms with Crippen LogP contribution in [-0.4, -0.2) is 11.7 Å². The predicted octanol–water partition coefficient (Wildman–Crippen LogP) is 4.09. The van der Waals surface area contributed by atoms with Crippen molar-refractivity contribution in [3.63, 3.8) is 0 Å². The fourth-order valence-corrected chi connectivity index (χ4v) is 4.18. The molecule has 122 valence electrons. The maximum Gasteiger partial charge on any atom is 0.225 e. The molecule has 1 N–H and O–H groups in total. The van der Waals surface area contributed by atoms with Crippen molar-refractivity contribution in [2.45, 2.75) is 39.0 Å². The lowest BCUT2D eigenvalue weighted by atomic mass is 9.69. The van der Waals surface area contributed by atoms with Gasteiger partial charge >= 0.3 is 0 Å². The number of Topliss-reactive ketones (excluding diaryl/α,β-unsaturated/α-hetero) is 1. The van der Waals surface area contributed by atoms with Crippen molar-refractivity contribution in [1.29, 1.82) is 0 Å². The van der Waals surface area contributed by atoms with Crippen molar-refractivity contribution < 1.29 is 9.59 Å². The Morgan fingerprint density at radius 3 is 2.58 bits per heavy atom. The number of fused-ring (bicyclic) bond motifs is 1. The van der Waals surface area contributed by atoms with Crippen molar-refractivity contribution in [3.05, 3.63) is 59.3 Å². The summed E-state index contributed by atoms with van der Waals surface area (Å²) in [5.41, 5.74) is 2.66. The molecule has 0 saturated heterocycles. The van der Waals surface area contributed by atoms with E-state index < -0.39 is 0 Å². The van der Waals surface area contributed by atoms with Gasteiger partial charge in [0, 0.05) is 30.0 Å². The first-order valence-electron chi connectivity index (χ1n) is 8.48. The summed E-state index contributed by atoms with van der Waals surface area (Å²) in [6, 6.07) is 14.3. The van der Waals surface area contributed by atoms with Gasteiger partial charge in [-0.2, -0.15) is 0 Å². The minimum Gasteiger partial charge on any atom is -0.329 e. The molecule has 0 fully saturated rings. The average Bonchev–Trinajstić information content (AvgIpc) is 2.52. The van der Waals surface area contributed by atoms with Gasteiger partial charge in [0.2, 0.25) is 5.91 Å².